The second kappa shape index (κ2) is 7.77. The number of aryl methyl sites for hydroxylation is 3. The molecule has 24 heavy (non-hydrogen) atoms. The Morgan fingerprint density at radius 2 is 1.62 bits per heavy atom. The maximum absolute atomic E-state index is 12.0. The monoisotopic (exact) mass is 324 g/mol. The van der Waals surface area contributed by atoms with Gasteiger partial charge in [0, 0.05) is 5.69 Å². The molecule has 0 atom stereocenters. The van der Waals surface area contributed by atoms with Gasteiger partial charge in [0.2, 0.25) is 11.8 Å². The van der Waals surface area contributed by atoms with Gasteiger partial charge in [-0.15, -0.1) is 0 Å². The number of hydrogen-bond acceptors (Lipinski definition) is 2. The van der Waals surface area contributed by atoms with Crippen molar-refractivity contribution in [1.29, 1.82) is 0 Å². The molecule has 126 valence electrons. The van der Waals surface area contributed by atoms with Gasteiger partial charge in [-0.2, -0.15) is 0 Å². The van der Waals surface area contributed by atoms with E-state index in [-0.39, 0.29) is 24.8 Å². The Labute approximate surface area is 143 Å². The van der Waals surface area contributed by atoms with Crippen LogP contribution in [-0.4, -0.2) is 18.4 Å². The average molecular weight is 324 g/mol. The summed E-state index contributed by atoms with van der Waals surface area (Å²) >= 11 is 0. The first kappa shape index (κ1) is 17.7. The number of benzene rings is 2. The van der Waals surface area contributed by atoms with Crippen LogP contribution in [-0.2, 0) is 16.0 Å². The minimum absolute atomic E-state index is 0.0307. The van der Waals surface area contributed by atoms with Crippen LogP contribution in [0.15, 0.2) is 36.4 Å². The second-order valence-corrected chi connectivity index (χ2v) is 6.17. The molecule has 4 heteroatoms. The normalized spacial score (nSPS) is 10.3. The van der Waals surface area contributed by atoms with Crippen molar-refractivity contribution in [3.63, 3.8) is 0 Å². The molecule has 0 spiro atoms. The minimum atomic E-state index is -0.225. The van der Waals surface area contributed by atoms with Crippen LogP contribution in [0.25, 0.3) is 0 Å². The summed E-state index contributed by atoms with van der Waals surface area (Å²) in [5, 5.41) is 5.50. The van der Waals surface area contributed by atoms with Crippen molar-refractivity contribution in [2.75, 3.05) is 11.9 Å². The lowest BCUT2D eigenvalue weighted by molar-refractivity contribution is -0.123. The van der Waals surface area contributed by atoms with E-state index in [0.717, 1.165) is 27.9 Å². The van der Waals surface area contributed by atoms with Crippen LogP contribution in [0.2, 0.25) is 0 Å². The summed E-state index contributed by atoms with van der Waals surface area (Å²) in [6, 6.07) is 11.7. The third kappa shape index (κ3) is 4.69. The quantitative estimate of drug-likeness (QED) is 0.887. The summed E-state index contributed by atoms with van der Waals surface area (Å²) in [5.74, 6) is -0.383. The number of carbonyl (C=O) groups is 2. The van der Waals surface area contributed by atoms with Gasteiger partial charge in [0.25, 0.3) is 0 Å². The average Bonchev–Trinajstić information content (AvgIpc) is 2.53. The van der Waals surface area contributed by atoms with Gasteiger partial charge >= 0.3 is 0 Å². The van der Waals surface area contributed by atoms with E-state index in [0.29, 0.717) is 0 Å². The highest BCUT2D eigenvalue weighted by Crippen LogP contribution is 2.17. The highest BCUT2D eigenvalue weighted by Gasteiger charge is 2.09. The SMILES string of the molecule is Cc1ccc(CC(=O)NCC(=O)Nc2cccc(C)c2C)cc1C. The zero-order valence-corrected chi connectivity index (χ0v) is 14.7. The topological polar surface area (TPSA) is 58.2 Å². The van der Waals surface area contributed by atoms with E-state index in [4.69, 9.17) is 0 Å². The molecule has 0 aliphatic carbocycles. The molecule has 4 nitrogen and oxygen atoms in total. The Kier molecular flexibility index (Phi) is 5.74. The molecule has 2 aromatic carbocycles. The standard InChI is InChI=1S/C20H24N2O2/c1-13-8-9-17(10-15(13)3)11-19(23)21-12-20(24)22-18-7-5-6-14(2)16(18)4/h5-10H,11-12H2,1-4H3,(H,21,23)(H,22,24). The Morgan fingerprint density at radius 1 is 0.875 bits per heavy atom. The van der Waals surface area contributed by atoms with Crippen molar-refractivity contribution in [2.45, 2.75) is 34.1 Å². The molecule has 2 rings (SSSR count). The van der Waals surface area contributed by atoms with Gasteiger partial charge in [-0.25, -0.2) is 0 Å². The van der Waals surface area contributed by atoms with E-state index in [1.165, 1.54) is 5.56 Å². The number of anilines is 1. The minimum Gasteiger partial charge on any atom is -0.347 e. The van der Waals surface area contributed by atoms with Crippen LogP contribution in [0.1, 0.15) is 27.8 Å². The van der Waals surface area contributed by atoms with Crippen LogP contribution < -0.4 is 10.6 Å². The van der Waals surface area contributed by atoms with Crippen molar-refractivity contribution in [1.82, 2.24) is 5.32 Å². The fourth-order valence-corrected chi connectivity index (χ4v) is 2.42. The summed E-state index contributed by atoms with van der Waals surface area (Å²) in [5.41, 5.74) is 6.24. The third-order valence-corrected chi connectivity index (χ3v) is 4.26. The molecule has 2 N–H and O–H groups in total. The van der Waals surface area contributed by atoms with E-state index < -0.39 is 0 Å². The molecular formula is C20H24N2O2. The first-order chi connectivity index (χ1) is 11.4. The molecule has 0 aromatic heterocycles. The Morgan fingerprint density at radius 3 is 2.33 bits per heavy atom. The molecule has 0 fully saturated rings. The van der Waals surface area contributed by atoms with Crippen molar-refractivity contribution in [3.05, 3.63) is 64.2 Å². The first-order valence-corrected chi connectivity index (χ1v) is 8.05. The number of rotatable bonds is 5. The molecule has 0 bridgehead atoms. The Balaban J connectivity index is 1.86. The molecule has 0 saturated heterocycles. The molecule has 0 aliphatic rings. The number of amides is 2. The third-order valence-electron chi connectivity index (χ3n) is 4.26. The molecule has 0 radical (unpaired) electrons. The highest BCUT2D eigenvalue weighted by atomic mass is 16.2. The van der Waals surface area contributed by atoms with E-state index in [1.807, 2.05) is 64.1 Å². The smallest absolute Gasteiger partial charge is 0.243 e. The van der Waals surface area contributed by atoms with Gasteiger partial charge in [0.1, 0.15) is 0 Å². The summed E-state index contributed by atoms with van der Waals surface area (Å²) in [6.07, 6.45) is 0.276. The zero-order valence-electron chi connectivity index (χ0n) is 14.7. The van der Waals surface area contributed by atoms with Crippen LogP contribution in [0.4, 0.5) is 5.69 Å². The van der Waals surface area contributed by atoms with Gasteiger partial charge in [0.05, 0.1) is 13.0 Å². The van der Waals surface area contributed by atoms with Crippen molar-refractivity contribution < 1.29 is 9.59 Å². The molecule has 2 aromatic rings. The van der Waals surface area contributed by atoms with E-state index in [2.05, 4.69) is 10.6 Å². The predicted molar refractivity (Wildman–Crippen MR) is 97.2 cm³/mol. The molecule has 0 heterocycles. The van der Waals surface area contributed by atoms with Crippen LogP contribution in [0.3, 0.4) is 0 Å². The maximum atomic E-state index is 12.0. The lowest BCUT2D eigenvalue weighted by Gasteiger charge is -2.11. The largest absolute Gasteiger partial charge is 0.347 e. The summed E-state index contributed by atoms with van der Waals surface area (Å²) in [4.78, 5) is 24.0. The van der Waals surface area contributed by atoms with Gasteiger partial charge in [0.15, 0.2) is 0 Å². The van der Waals surface area contributed by atoms with Crippen LogP contribution >= 0.6 is 0 Å². The summed E-state index contributed by atoms with van der Waals surface area (Å²) in [6.45, 7) is 7.99. The fraction of sp³-hybridized carbons (Fsp3) is 0.300. The number of hydrogen-bond donors (Lipinski definition) is 2. The zero-order chi connectivity index (χ0) is 17.7. The maximum Gasteiger partial charge on any atom is 0.243 e. The number of nitrogens with one attached hydrogen (secondary N) is 2. The van der Waals surface area contributed by atoms with E-state index in [1.54, 1.807) is 0 Å². The van der Waals surface area contributed by atoms with Gasteiger partial charge < -0.3 is 10.6 Å². The van der Waals surface area contributed by atoms with Crippen molar-refractivity contribution in [2.24, 2.45) is 0 Å². The molecular weight excluding hydrogens is 300 g/mol. The highest BCUT2D eigenvalue weighted by molar-refractivity contribution is 5.95. The first-order valence-electron chi connectivity index (χ1n) is 8.05. The molecule has 0 aliphatic heterocycles. The molecule has 2 amide bonds. The van der Waals surface area contributed by atoms with Crippen LogP contribution in [0.5, 0.6) is 0 Å². The summed E-state index contributed by atoms with van der Waals surface area (Å²) in [7, 11) is 0. The van der Waals surface area contributed by atoms with Gasteiger partial charge in [-0.3, -0.25) is 9.59 Å². The van der Waals surface area contributed by atoms with E-state index in [9.17, 15) is 9.59 Å². The Hall–Kier alpha value is -2.62. The fourth-order valence-electron chi connectivity index (χ4n) is 2.42. The number of carbonyl (C=O) groups excluding carboxylic acids is 2. The van der Waals surface area contributed by atoms with Crippen molar-refractivity contribution >= 4 is 17.5 Å². The predicted octanol–water partition coefficient (Wildman–Crippen LogP) is 3.22. The molecule has 0 saturated carbocycles. The summed E-state index contributed by atoms with van der Waals surface area (Å²) < 4.78 is 0. The van der Waals surface area contributed by atoms with Gasteiger partial charge in [-0.05, 0) is 61.6 Å². The van der Waals surface area contributed by atoms with Gasteiger partial charge in [-0.1, -0.05) is 30.3 Å². The van der Waals surface area contributed by atoms with E-state index >= 15 is 0 Å². The lowest BCUT2D eigenvalue weighted by Crippen LogP contribution is -2.33. The Bertz CT molecular complexity index is 766. The van der Waals surface area contributed by atoms with Crippen molar-refractivity contribution in [3.8, 4) is 0 Å². The van der Waals surface area contributed by atoms with Crippen LogP contribution in [0, 0.1) is 27.7 Å². The lowest BCUT2D eigenvalue weighted by atomic mass is 10.0. The molecule has 0 unspecified atom stereocenters. The second-order valence-electron chi connectivity index (χ2n) is 6.17.